The third-order valence-corrected chi connectivity index (χ3v) is 2.34. The van der Waals surface area contributed by atoms with Crippen molar-refractivity contribution in [2.75, 3.05) is 0 Å². The van der Waals surface area contributed by atoms with E-state index in [2.05, 4.69) is 25.6 Å². The highest BCUT2D eigenvalue weighted by atomic mass is 16.3. The molecule has 1 unspecified atom stereocenters. The lowest BCUT2D eigenvalue weighted by Crippen LogP contribution is -1.91. The highest BCUT2D eigenvalue weighted by Gasteiger charge is 1.99. The monoisotopic (exact) mass is 214 g/mol. The Labute approximate surface area is 97.4 Å². The maximum Gasteiger partial charge on any atom is 0.0695 e. The van der Waals surface area contributed by atoms with E-state index < -0.39 is 6.10 Å². The Morgan fingerprint density at radius 3 is 2.62 bits per heavy atom. The second-order valence-electron chi connectivity index (χ2n) is 3.77. The van der Waals surface area contributed by atoms with Crippen LogP contribution in [0, 0.1) is 6.92 Å². The molecule has 1 aromatic carbocycles. The van der Waals surface area contributed by atoms with Gasteiger partial charge in [-0.3, -0.25) is 0 Å². The van der Waals surface area contributed by atoms with Gasteiger partial charge in [0.05, 0.1) is 6.10 Å². The van der Waals surface area contributed by atoms with Crippen molar-refractivity contribution in [3.8, 4) is 0 Å². The first-order chi connectivity index (χ1) is 7.65. The van der Waals surface area contributed by atoms with Crippen molar-refractivity contribution in [2.45, 2.75) is 20.0 Å². The van der Waals surface area contributed by atoms with Crippen LogP contribution in [0.2, 0.25) is 0 Å². The number of benzene rings is 1. The molecule has 0 spiro atoms. The second kappa shape index (κ2) is 6.09. The smallest absolute Gasteiger partial charge is 0.0695 e. The Morgan fingerprint density at radius 1 is 1.38 bits per heavy atom. The number of rotatable bonds is 4. The molecule has 0 aromatic heterocycles. The molecule has 16 heavy (non-hydrogen) atoms. The van der Waals surface area contributed by atoms with Crippen LogP contribution in [-0.2, 0) is 0 Å². The minimum Gasteiger partial charge on any atom is -0.389 e. The summed E-state index contributed by atoms with van der Waals surface area (Å²) in [5, 5.41) is 9.12. The highest BCUT2D eigenvalue weighted by Crippen LogP contribution is 2.19. The number of aryl methyl sites for hydroxylation is 1. The summed E-state index contributed by atoms with van der Waals surface area (Å²) in [6.45, 7) is 7.61. The van der Waals surface area contributed by atoms with Crippen LogP contribution < -0.4 is 0 Å². The summed E-state index contributed by atoms with van der Waals surface area (Å²) < 4.78 is 0. The van der Waals surface area contributed by atoms with Gasteiger partial charge < -0.3 is 5.11 Å². The predicted octanol–water partition coefficient (Wildman–Crippen LogP) is 3.50. The van der Waals surface area contributed by atoms with E-state index >= 15 is 0 Å². The van der Waals surface area contributed by atoms with Gasteiger partial charge in [0, 0.05) is 0 Å². The SMILES string of the molecule is C=C/C(=C\C=C\C(C)O)c1ccccc1C. The molecule has 1 rings (SSSR count). The Morgan fingerprint density at radius 2 is 2.06 bits per heavy atom. The van der Waals surface area contributed by atoms with E-state index in [1.165, 1.54) is 11.1 Å². The summed E-state index contributed by atoms with van der Waals surface area (Å²) in [5.41, 5.74) is 3.46. The standard InChI is InChI=1S/C15H18O/c1-4-14(10-7-9-13(3)16)15-11-6-5-8-12(15)2/h4-11,13,16H,1H2,2-3H3/b9-7+,14-10+. The molecule has 0 heterocycles. The zero-order chi connectivity index (χ0) is 12.0. The van der Waals surface area contributed by atoms with E-state index in [9.17, 15) is 0 Å². The quantitative estimate of drug-likeness (QED) is 0.760. The molecular weight excluding hydrogens is 196 g/mol. The minimum absolute atomic E-state index is 0.417. The van der Waals surface area contributed by atoms with Crippen molar-refractivity contribution < 1.29 is 5.11 Å². The second-order valence-corrected chi connectivity index (χ2v) is 3.77. The van der Waals surface area contributed by atoms with Gasteiger partial charge in [0.1, 0.15) is 0 Å². The summed E-state index contributed by atoms with van der Waals surface area (Å²) >= 11 is 0. The van der Waals surface area contributed by atoms with E-state index in [1.54, 1.807) is 13.0 Å². The molecule has 0 amide bonds. The van der Waals surface area contributed by atoms with Crippen molar-refractivity contribution in [2.24, 2.45) is 0 Å². The van der Waals surface area contributed by atoms with Crippen LogP contribution >= 0.6 is 0 Å². The Kier molecular flexibility index (Phi) is 4.74. The van der Waals surface area contributed by atoms with Crippen molar-refractivity contribution in [3.05, 3.63) is 66.3 Å². The van der Waals surface area contributed by atoms with Crippen molar-refractivity contribution in [3.63, 3.8) is 0 Å². The molecule has 0 radical (unpaired) electrons. The van der Waals surface area contributed by atoms with Crippen LogP contribution in [0.1, 0.15) is 18.1 Å². The Hall–Kier alpha value is -1.60. The highest BCUT2D eigenvalue weighted by molar-refractivity contribution is 5.76. The maximum absolute atomic E-state index is 9.12. The molecule has 0 aliphatic rings. The first kappa shape index (κ1) is 12.5. The van der Waals surface area contributed by atoms with Crippen molar-refractivity contribution >= 4 is 5.57 Å². The molecule has 1 atom stereocenters. The van der Waals surface area contributed by atoms with Crippen LogP contribution in [0.25, 0.3) is 5.57 Å². The van der Waals surface area contributed by atoms with Crippen LogP contribution in [0.4, 0.5) is 0 Å². The number of hydrogen-bond acceptors (Lipinski definition) is 1. The fraction of sp³-hybridized carbons (Fsp3) is 0.200. The molecule has 0 aliphatic heterocycles. The fourth-order valence-corrected chi connectivity index (χ4v) is 1.48. The van der Waals surface area contributed by atoms with Gasteiger partial charge in [0.25, 0.3) is 0 Å². The molecule has 1 aromatic rings. The lowest BCUT2D eigenvalue weighted by molar-refractivity contribution is 0.244. The number of allylic oxidation sites excluding steroid dienone is 4. The Bertz CT molecular complexity index is 411. The first-order valence-electron chi connectivity index (χ1n) is 5.40. The summed E-state index contributed by atoms with van der Waals surface area (Å²) in [7, 11) is 0. The molecule has 0 saturated carbocycles. The van der Waals surface area contributed by atoms with E-state index in [-0.39, 0.29) is 0 Å². The molecule has 0 saturated heterocycles. The lowest BCUT2D eigenvalue weighted by atomic mass is 10.0. The van der Waals surface area contributed by atoms with Gasteiger partial charge in [-0.1, -0.05) is 55.1 Å². The zero-order valence-corrected chi connectivity index (χ0v) is 9.85. The molecule has 84 valence electrons. The topological polar surface area (TPSA) is 20.2 Å². The van der Waals surface area contributed by atoms with E-state index in [0.717, 1.165) is 5.57 Å². The first-order valence-corrected chi connectivity index (χ1v) is 5.40. The van der Waals surface area contributed by atoms with Crippen LogP contribution in [0.5, 0.6) is 0 Å². The average Bonchev–Trinajstić information content (AvgIpc) is 2.25. The molecule has 1 N–H and O–H groups in total. The van der Waals surface area contributed by atoms with Gasteiger partial charge in [0.15, 0.2) is 0 Å². The third-order valence-electron chi connectivity index (χ3n) is 2.34. The van der Waals surface area contributed by atoms with Crippen LogP contribution in [0.3, 0.4) is 0 Å². The van der Waals surface area contributed by atoms with E-state index in [0.29, 0.717) is 0 Å². The summed E-state index contributed by atoms with van der Waals surface area (Å²) in [6.07, 6.45) is 6.96. The van der Waals surface area contributed by atoms with E-state index in [1.807, 2.05) is 30.4 Å². The zero-order valence-electron chi connectivity index (χ0n) is 9.85. The number of hydrogen-bond donors (Lipinski definition) is 1. The van der Waals surface area contributed by atoms with Crippen LogP contribution in [-0.4, -0.2) is 11.2 Å². The summed E-state index contributed by atoms with van der Waals surface area (Å²) in [6, 6.07) is 8.17. The molecule has 0 aliphatic carbocycles. The lowest BCUT2D eigenvalue weighted by Gasteiger charge is -2.05. The molecule has 1 heteroatoms. The van der Waals surface area contributed by atoms with Gasteiger partial charge in [0.2, 0.25) is 0 Å². The largest absolute Gasteiger partial charge is 0.389 e. The van der Waals surface area contributed by atoms with Crippen LogP contribution in [0.15, 0.2) is 55.1 Å². The van der Waals surface area contributed by atoms with Gasteiger partial charge in [-0.15, -0.1) is 0 Å². The predicted molar refractivity (Wildman–Crippen MR) is 70.2 cm³/mol. The normalized spacial score (nSPS) is 14.1. The molecule has 0 bridgehead atoms. The molecular formula is C15H18O. The van der Waals surface area contributed by atoms with Crippen molar-refractivity contribution in [1.82, 2.24) is 0 Å². The van der Waals surface area contributed by atoms with Crippen molar-refractivity contribution in [1.29, 1.82) is 0 Å². The molecule has 1 nitrogen and oxygen atoms in total. The number of aliphatic hydroxyl groups is 1. The summed E-state index contributed by atoms with van der Waals surface area (Å²) in [4.78, 5) is 0. The van der Waals surface area contributed by atoms with Gasteiger partial charge >= 0.3 is 0 Å². The fourth-order valence-electron chi connectivity index (χ4n) is 1.48. The van der Waals surface area contributed by atoms with Gasteiger partial charge in [-0.05, 0) is 30.5 Å². The minimum atomic E-state index is -0.417. The number of aliphatic hydroxyl groups excluding tert-OH is 1. The summed E-state index contributed by atoms with van der Waals surface area (Å²) in [5.74, 6) is 0. The average molecular weight is 214 g/mol. The molecule has 0 fully saturated rings. The van der Waals surface area contributed by atoms with Gasteiger partial charge in [-0.25, -0.2) is 0 Å². The third kappa shape index (κ3) is 3.52. The maximum atomic E-state index is 9.12. The van der Waals surface area contributed by atoms with E-state index in [4.69, 9.17) is 5.11 Å². The van der Waals surface area contributed by atoms with Gasteiger partial charge in [-0.2, -0.15) is 0 Å². The Balaban J connectivity index is 2.99.